The number of alkyl halides is 1. The van der Waals surface area contributed by atoms with Gasteiger partial charge in [0.2, 0.25) is 0 Å². The molecule has 0 aliphatic heterocycles. The molecular weight excluding hydrogens is 224 g/mol. The SMILES string of the molecule is Oc1cc(O)c(CCBr)c(O)c1. The number of rotatable bonds is 2. The van der Waals surface area contributed by atoms with Crippen LogP contribution in [-0.2, 0) is 6.42 Å². The molecule has 0 aromatic heterocycles. The van der Waals surface area contributed by atoms with Crippen molar-refractivity contribution in [2.75, 3.05) is 5.33 Å². The Labute approximate surface area is 78.4 Å². The molecule has 0 saturated heterocycles. The van der Waals surface area contributed by atoms with Gasteiger partial charge in [-0.3, -0.25) is 0 Å². The number of aromatic hydroxyl groups is 3. The minimum absolute atomic E-state index is 0.0769. The van der Waals surface area contributed by atoms with E-state index in [1.165, 1.54) is 12.1 Å². The summed E-state index contributed by atoms with van der Waals surface area (Å²) in [6.45, 7) is 0. The summed E-state index contributed by atoms with van der Waals surface area (Å²) in [6, 6.07) is 2.41. The first-order chi connectivity index (χ1) is 5.65. The highest BCUT2D eigenvalue weighted by Crippen LogP contribution is 2.32. The first-order valence-electron chi connectivity index (χ1n) is 3.45. The first-order valence-corrected chi connectivity index (χ1v) is 4.57. The van der Waals surface area contributed by atoms with Gasteiger partial charge in [0.05, 0.1) is 0 Å². The van der Waals surface area contributed by atoms with Gasteiger partial charge in [-0.1, -0.05) is 15.9 Å². The summed E-state index contributed by atoms with van der Waals surface area (Å²) in [5.41, 5.74) is 0.449. The van der Waals surface area contributed by atoms with Gasteiger partial charge in [-0.25, -0.2) is 0 Å². The molecule has 3 N–H and O–H groups in total. The first kappa shape index (κ1) is 9.19. The van der Waals surface area contributed by atoms with E-state index in [0.29, 0.717) is 17.3 Å². The van der Waals surface area contributed by atoms with Crippen LogP contribution in [-0.4, -0.2) is 20.6 Å². The van der Waals surface area contributed by atoms with Gasteiger partial charge in [-0.05, 0) is 6.42 Å². The second kappa shape index (κ2) is 3.67. The van der Waals surface area contributed by atoms with Gasteiger partial charge in [0.25, 0.3) is 0 Å². The van der Waals surface area contributed by atoms with Crippen LogP contribution in [0, 0.1) is 0 Å². The van der Waals surface area contributed by atoms with Crippen molar-refractivity contribution in [3.63, 3.8) is 0 Å². The lowest BCUT2D eigenvalue weighted by Crippen LogP contribution is -1.87. The second-order valence-corrected chi connectivity index (χ2v) is 3.19. The third kappa shape index (κ3) is 1.82. The van der Waals surface area contributed by atoms with E-state index >= 15 is 0 Å². The Morgan fingerprint density at radius 2 is 1.58 bits per heavy atom. The molecule has 66 valence electrons. The Kier molecular flexibility index (Phi) is 2.81. The molecule has 0 aliphatic rings. The summed E-state index contributed by atoms with van der Waals surface area (Å²) in [5, 5.41) is 28.1. The fourth-order valence-corrected chi connectivity index (χ4v) is 1.37. The van der Waals surface area contributed by atoms with E-state index in [1.807, 2.05) is 0 Å². The van der Waals surface area contributed by atoms with Gasteiger partial charge < -0.3 is 15.3 Å². The van der Waals surface area contributed by atoms with Crippen LogP contribution < -0.4 is 0 Å². The second-order valence-electron chi connectivity index (χ2n) is 2.40. The highest BCUT2D eigenvalue weighted by Gasteiger charge is 2.07. The third-order valence-corrected chi connectivity index (χ3v) is 1.93. The highest BCUT2D eigenvalue weighted by atomic mass is 79.9. The molecule has 0 heterocycles. The van der Waals surface area contributed by atoms with Crippen molar-refractivity contribution in [2.45, 2.75) is 6.42 Å². The number of phenolic OH excluding ortho intramolecular Hbond substituents is 3. The van der Waals surface area contributed by atoms with Crippen LogP contribution in [0.2, 0.25) is 0 Å². The summed E-state index contributed by atoms with van der Waals surface area (Å²) in [4.78, 5) is 0. The third-order valence-electron chi connectivity index (χ3n) is 1.53. The summed E-state index contributed by atoms with van der Waals surface area (Å²) in [5.74, 6) is -0.290. The fourth-order valence-electron chi connectivity index (χ4n) is 0.978. The van der Waals surface area contributed by atoms with Crippen LogP contribution in [0.4, 0.5) is 0 Å². The maximum atomic E-state index is 9.26. The molecule has 0 saturated carbocycles. The van der Waals surface area contributed by atoms with Crippen molar-refractivity contribution in [3.8, 4) is 17.2 Å². The number of halogens is 1. The van der Waals surface area contributed by atoms with Crippen LogP contribution in [0.5, 0.6) is 17.2 Å². The average Bonchev–Trinajstić information content (AvgIpc) is 1.96. The van der Waals surface area contributed by atoms with E-state index in [4.69, 9.17) is 5.11 Å². The van der Waals surface area contributed by atoms with E-state index in [-0.39, 0.29) is 17.2 Å². The average molecular weight is 233 g/mol. The zero-order valence-corrected chi connectivity index (χ0v) is 7.87. The van der Waals surface area contributed by atoms with Crippen molar-refractivity contribution in [1.29, 1.82) is 0 Å². The smallest absolute Gasteiger partial charge is 0.126 e. The van der Waals surface area contributed by atoms with Gasteiger partial charge in [-0.2, -0.15) is 0 Å². The molecule has 0 unspecified atom stereocenters. The van der Waals surface area contributed by atoms with Gasteiger partial charge in [0, 0.05) is 23.0 Å². The molecule has 0 fully saturated rings. The lowest BCUT2D eigenvalue weighted by atomic mass is 10.1. The molecular formula is C8H9BrO3. The van der Waals surface area contributed by atoms with Gasteiger partial charge in [-0.15, -0.1) is 0 Å². The van der Waals surface area contributed by atoms with Crippen molar-refractivity contribution in [1.82, 2.24) is 0 Å². The van der Waals surface area contributed by atoms with Gasteiger partial charge in [0.15, 0.2) is 0 Å². The van der Waals surface area contributed by atoms with Crippen LogP contribution >= 0.6 is 15.9 Å². The van der Waals surface area contributed by atoms with Gasteiger partial charge in [0.1, 0.15) is 17.2 Å². The topological polar surface area (TPSA) is 60.7 Å². The van der Waals surface area contributed by atoms with E-state index in [9.17, 15) is 10.2 Å². The molecule has 0 atom stereocenters. The molecule has 0 aliphatic carbocycles. The van der Waals surface area contributed by atoms with E-state index < -0.39 is 0 Å². The molecule has 0 radical (unpaired) electrons. The number of benzene rings is 1. The minimum Gasteiger partial charge on any atom is -0.508 e. The predicted molar refractivity (Wildman–Crippen MR) is 48.9 cm³/mol. The molecule has 0 amide bonds. The summed E-state index contributed by atoms with van der Waals surface area (Å²) in [7, 11) is 0. The maximum Gasteiger partial charge on any atom is 0.126 e. The predicted octanol–water partition coefficient (Wildman–Crippen LogP) is 1.74. The number of hydrogen-bond acceptors (Lipinski definition) is 3. The van der Waals surface area contributed by atoms with Crippen LogP contribution in [0.3, 0.4) is 0 Å². The molecule has 0 bridgehead atoms. The summed E-state index contributed by atoms with van der Waals surface area (Å²) < 4.78 is 0. The molecule has 0 spiro atoms. The number of phenols is 3. The molecule has 1 aromatic rings. The van der Waals surface area contributed by atoms with Gasteiger partial charge >= 0.3 is 0 Å². The lowest BCUT2D eigenvalue weighted by molar-refractivity contribution is 0.420. The highest BCUT2D eigenvalue weighted by molar-refractivity contribution is 9.09. The Balaban J connectivity index is 3.10. The number of hydrogen-bond donors (Lipinski definition) is 3. The Bertz CT molecular complexity index is 263. The summed E-state index contributed by atoms with van der Waals surface area (Å²) in [6.07, 6.45) is 0.526. The Hall–Kier alpha value is -0.900. The molecule has 3 nitrogen and oxygen atoms in total. The van der Waals surface area contributed by atoms with Crippen molar-refractivity contribution in [3.05, 3.63) is 17.7 Å². The molecule has 12 heavy (non-hydrogen) atoms. The van der Waals surface area contributed by atoms with Crippen molar-refractivity contribution < 1.29 is 15.3 Å². The van der Waals surface area contributed by atoms with Crippen molar-refractivity contribution in [2.24, 2.45) is 0 Å². The lowest BCUT2D eigenvalue weighted by Gasteiger charge is -2.05. The molecule has 1 rings (SSSR count). The van der Waals surface area contributed by atoms with Crippen LogP contribution in [0.15, 0.2) is 12.1 Å². The van der Waals surface area contributed by atoms with Crippen LogP contribution in [0.25, 0.3) is 0 Å². The quantitative estimate of drug-likeness (QED) is 0.682. The van der Waals surface area contributed by atoms with Crippen LogP contribution in [0.1, 0.15) is 5.56 Å². The molecule has 4 heteroatoms. The Morgan fingerprint density at radius 1 is 1.08 bits per heavy atom. The monoisotopic (exact) mass is 232 g/mol. The zero-order chi connectivity index (χ0) is 9.14. The fraction of sp³-hybridized carbons (Fsp3) is 0.250. The van der Waals surface area contributed by atoms with Crippen molar-refractivity contribution >= 4 is 15.9 Å². The normalized spacial score (nSPS) is 10.1. The summed E-state index contributed by atoms with van der Waals surface area (Å²) >= 11 is 3.19. The maximum absolute atomic E-state index is 9.26. The Morgan fingerprint density at radius 3 is 2.00 bits per heavy atom. The largest absolute Gasteiger partial charge is 0.508 e. The molecule has 1 aromatic carbocycles. The van der Waals surface area contributed by atoms with E-state index in [2.05, 4.69) is 15.9 Å². The van der Waals surface area contributed by atoms with E-state index in [0.717, 1.165) is 0 Å². The van der Waals surface area contributed by atoms with E-state index in [1.54, 1.807) is 0 Å². The zero-order valence-electron chi connectivity index (χ0n) is 6.29. The standard InChI is InChI=1S/C8H9BrO3/c9-2-1-6-7(11)3-5(10)4-8(6)12/h3-4,10-12H,1-2H2. The minimum atomic E-state index is -0.136.